The molecular formula is C10H14N2O5S. The van der Waals surface area contributed by atoms with Crippen molar-refractivity contribution in [1.29, 1.82) is 0 Å². The first-order valence-electron chi connectivity index (χ1n) is 5.09. The molecule has 1 aromatic carbocycles. The normalized spacial score (nSPS) is 10.8. The van der Waals surface area contributed by atoms with Crippen LogP contribution in [0, 0.1) is 0 Å². The SMILES string of the molecule is CCOC(=O)NS(=O)(=O)N(C)c1cccc(O)c1. The van der Waals surface area contributed by atoms with E-state index in [1.165, 1.54) is 31.3 Å². The number of nitrogens with one attached hydrogen (secondary N) is 1. The van der Waals surface area contributed by atoms with Crippen LogP contribution in [0.1, 0.15) is 6.92 Å². The fraction of sp³-hybridized carbons (Fsp3) is 0.300. The van der Waals surface area contributed by atoms with Crippen LogP contribution in [0.4, 0.5) is 10.5 Å². The van der Waals surface area contributed by atoms with E-state index in [0.29, 0.717) is 0 Å². The first kappa shape index (κ1) is 14.1. The molecule has 100 valence electrons. The highest BCUT2D eigenvalue weighted by Crippen LogP contribution is 2.20. The van der Waals surface area contributed by atoms with E-state index < -0.39 is 16.3 Å². The third-order valence-corrected chi connectivity index (χ3v) is 3.40. The summed E-state index contributed by atoms with van der Waals surface area (Å²) in [6.45, 7) is 1.63. The number of phenols is 1. The van der Waals surface area contributed by atoms with Gasteiger partial charge in [0.2, 0.25) is 0 Å². The average molecular weight is 274 g/mol. The molecule has 0 unspecified atom stereocenters. The van der Waals surface area contributed by atoms with Gasteiger partial charge >= 0.3 is 16.3 Å². The van der Waals surface area contributed by atoms with Crippen LogP contribution >= 0.6 is 0 Å². The molecule has 0 bridgehead atoms. The lowest BCUT2D eigenvalue weighted by Crippen LogP contribution is -2.41. The van der Waals surface area contributed by atoms with Gasteiger partial charge in [-0.25, -0.2) is 9.52 Å². The van der Waals surface area contributed by atoms with Crippen molar-refractivity contribution in [3.8, 4) is 5.75 Å². The minimum atomic E-state index is -4.05. The predicted molar refractivity (Wildman–Crippen MR) is 65.6 cm³/mol. The quantitative estimate of drug-likeness (QED) is 0.847. The molecule has 0 saturated heterocycles. The summed E-state index contributed by atoms with van der Waals surface area (Å²) in [7, 11) is -2.81. The van der Waals surface area contributed by atoms with E-state index in [1.807, 2.05) is 0 Å². The summed E-state index contributed by atoms with van der Waals surface area (Å²) in [5.74, 6) is -0.0781. The summed E-state index contributed by atoms with van der Waals surface area (Å²) < 4.78 is 30.6. The van der Waals surface area contributed by atoms with E-state index >= 15 is 0 Å². The highest BCUT2D eigenvalue weighted by atomic mass is 32.2. The van der Waals surface area contributed by atoms with Crippen LogP contribution in [-0.2, 0) is 14.9 Å². The molecule has 0 aliphatic heterocycles. The van der Waals surface area contributed by atoms with E-state index in [1.54, 1.807) is 11.6 Å². The summed E-state index contributed by atoms with van der Waals surface area (Å²) in [5.41, 5.74) is 0.215. The van der Waals surface area contributed by atoms with Crippen LogP contribution < -0.4 is 9.03 Å². The molecule has 0 aliphatic rings. The van der Waals surface area contributed by atoms with Gasteiger partial charge in [0.15, 0.2) is 0 Å². The zero-order valence-corrected chi connectivity index (χ0v) is 10.8. The van der Waals surface area contributed by atoms with E-state index in [0.717, 1.165) is 4.31 Å². The van der Waals surface area contributed by atoms with Crippen molar-refractivity contribution in [2.75, 3.05) is 18.0 Å². The Morgan fingerprint density at radius 2 is 2.17 bits per heavy atom. The smallest absolute Gasteiger partial charge is 0.422 e. The van der Waals surface area contributed by atoms with Gasteiger partial charge in [-0.3, -0.25) is 4.31 Å². The van der Waals surface area contributed by atoms with Crippen molar-refractivity contribution in [3.05, 3.63) is 24.3 Å². The van der Waals surface area contributed by atoms with Gasteiger partial charge in [-0.2, -0.15) is 8.42 Å². The molecule has 0 aliphatic carbocycles. The van der Waals surface area contributed by atoms with Gasteiger partial charge in [0.1, 0.15) is 5.75 Å². The predicted octanol–water partition coefficient (Wildman–Crippen LogP) is 0.819. The lowest BCUT2D eigenvalue weighted by atomic mass is 10.3. The largest absolute Gasteiger partial charge is 0.508 e. The molecule has 0 aromatic heterocycles. The Bertz CT molecular complexity index is 529. The van der Waals surface area contributed by atoms with Crippen LogP contribution in [0.3, 0.4) is 0 Å². The summed E-state index contributed by atoms with van der Waals surface area (Å²) in [6, 6.07) is 5.62. The first-order valence-corrected chi connectivity index (χ1v) is 6.53. The summed E-state index contributed by atoms with van der Waals surface area (Å²) in [6.07, 6.45) is -1.05. The third kappa shape index (κ3) is 3.52. The maximum absolute atomic E-state index is 11.8. The van der Waals surface area contributed by atoms with Gasteiger partial charge in [0.05, 0.1) is 12.3 Å². The average Bonchev–Trinajstić information content (AvgIpc) is 2.27. The van der Waals surface area contributed by atoms with Gasteiger partial charge in [0.25, 0.3) is 0 Å². The molecule has 1 rings (SSSR count). The molecular weight excluding hydrogens is 260 g/mol. The zero-order chi connectivity index (χ0) is 13.8. The molecule has 7 nitrogen and oxygen atoms in total. The van der Waals surface area contributed by atoms with Gasteiger partial charge in [0, 0.05) is 13.1 Å². The minimum Gasteiger partial charge on any atom is -0.508 e. The first-order chi connectivity index (χ1) is 8.36. The van der Waals surface area contributed by atoms with Crippen LogP contribution in [0.15, 0.2) is 24.3 Å². The number of phenolic OH excluding ortho intramolecular Hbond substituents is 1. The molecule has 8 heteroatoms. The molecule has 0 radical (unpaired) electrons. The van der Waals surface area contributed by atoms with E-state index in [-0.39, 0.29) is 18.0 Å². The number of anilines is 1. The summed E-state index contributed by atoms with van der Waals surface area (Å²) in [5, 5.41) is 9.26. The Morgan fingerprint density at radius 3 is 2.72 bits per heavy atom. The Balaban J connectivity index is 2.88. The monoisotopic (exact) mass is 274 g/mol. The van der Waals surface area contributed by atoms with Crippen molar-refractivity contribution >= 4 is 22.0 Å². The fourth-order valence-corrected chi connectivity index (χ4v) is 1.96. The lowest BCUT2D eigenvalue weighted by Gasteiger charge is -2.19. The highest BCUT2D eigenvalue weighted by Gasteiger charge is 2.21. The minimum absolute atomic E-state index is 0.0667. The van der Waals surface area contributed by atoms with Crippen molar-refractivity contribution in [3.63, 3.8) is 0 Å². The van der Waals surface area contributed by atoms with Crippen molar-refractivity contribution in [2.45, 2.75) is 6.92 Å². The van der Waals surface area contributed by atoms with Crippen LogP contribution in [0.5, 0.6) is 5.75 Å². The Morgan fingerprint density at radius 1 is 1.50 bits per heavy atom. The van der Waals surface area contributed by atoms with Crippen LogP contribution in [-0.4, -0.2) is 33.3 Å². The van der Waals surface area contributed by atoms with E-state index in [4.69, 9.17) is 0 Å². The number of benzene rings is 1. The van der Waals surface area contributed by atoms with Gasteiger partial charge in [-0.1, -0.05) is 6.07 Å². The molecule has 2 N–H and O–H groups in total. The second-order valence-corrected chi connectivity index (χ2v) is 5.02. The number of ether oxygens (including phenoxy) is 1. The lowest BCUT2D eigenvalue weighted by molar-refractivity contribution is 0.158. The molecule has 0 spiro atoms. The third-order valence-electron chi connectivity index (χ3n) is 2.04. The Kier molecular flexibility index (Phi) is 4.38. The van der Waals surface area contributed by atoms with Crippen LogP contribution in [0.25, 0.3) is 0 Å². The number of hydrogen-bond acceptors (Lipinski definition) is 5. The number of nitrogens with zero attached hydrogens (tertiary/aromatic N) is 1. The maximum Gasteiger partial charge on any atom is 0.422 e. The van der Waals surface area contributed by atoms with Crippen molar-refractivity contribution in [2.24, 2.45) is 0 Å². The second kappa shape index (κ2) is 5.58. The summed E-state index contributed by atoms with van der Waals surface area (Å²) >= 11 is 0. The molecule has 0 fully saturated rings. The second-order valence-electron chi connectivity index (χ2n) is 3.31. The van der Waals surface area contributed by atoms with E-state index in [2.05, 4.69) is 4.74 Å². The van der Waals surface area contributed by atoms with Gasteiger partial charge in [-0.15, -0.1) is 0 Å². The number of carbonyl (C=O) groups is 1. The number of rotatable bonds is 4. The molecule has 1 amide bonds. The Hall–Kier alpha value is -1.96. The summed E-state index contributed by atoms with van der Waals surface area (Å²) in [4.78, 5) is 11.1. The molecule has 0 saturated carbocycles. The number of hydrogen-bond donors (Lipinski definition) is 2. The van der Waals surface area contributed by atoms with Gasteiger partial charge in [-0.05, 0) is 19.1 Å². The molecule has 18 heavy (non-hydrogen) atoms. The van der Waals surface area contributed by atoms with Crippen molar-refractivity contribution < 1.29 is 23.1 Å². The molecule has 0 atom stereocenters. The van der Waals surface area contributed by atoms with Crippen LogP contribution in [0.2, 0.25) is 0 Å². The standard InChI is InChI=1S/C10H14N2O5S/c1-3-17-10(14)11-18(15,16)12(2)8-5-4-6-9(13)7-8/h4-7,13H,3H2,1-2H3,(H,11,14). The number of amides is 1. The maximum atomic E-state index is 11.8. The zero-order valence-electron chi connectivity index (χ0n) is 9.95. The fourth-order valence-electron chi connectivity index (χ4n) is 1.16. The Labute approximate surface area is 105 Å². The highest BCUT2D eigenvalue weighted by molar-refractivity contribution is 7.91. The topological polar surface area (TPSA) is 95.9 Å². The molecule has 1 aromatic rings. The van der Waals surface area contributed by atoms with E-state index in [9.17, 15) is 18.3 Å². The molecule has 0 heterocycles. The number of carbonyl (C=O) groups excluding carboxylic acids is 1. The van der Waals surface area contributed by atoms with Gasteiger partial charge < -0.3 is 9.84 Å². The van der Waals surface area contributed by atoms with Crippen molar-refractivity contribution in [1.82, 2.24) is 4.72 Å². The number of aromatic hydroxyl groups is 1.